The molecule has 0 spiro atoms. The molecule has 1 saturated heterocycles. The Bertz CT molecular complexity index is 1040. The van der Waals surface area contributed by atoms with Crippen LogP contribution >= 0.6 is 0 Å². The van der Waals surface area contributed by atoms with Crippen molar-refractivity contribution in [1.82, 2.24) is 5.32 Å². The van der Waals surface area contributed by atoms with Crippen LogP contribution in [0.4, 0.5) is 13.2 Å². The van der Waals surface area contributed by atoms with Crippen molar-refractivity contribution in [2.75, 3.05) is 13.2 Å². The van der Waals surface area contributed by atoms with Crippen LogP contribution in [-0.4, -0.2) is 24.9 Å². The lowest BCUT2D eigenvalue weighted by molar-refractivity contribution is -0.138. The minimum atomic E-state index is -4.43. The van der Waals surface area contributed by atoms with Crippen molar-refractivity contribution in [2.45, 2.75) is 92.3 Å². The number of nitrogens with zero attached hydrogens (tertiary/aromatic N) is 1. The summed E-state index contributed by atoms with van der Waals surface area (Å²) in [6, 6.07) is 12.5. The Kier molecular flexibility index (Phi) is 13.1. The van der Waals surface area contributed by atoms with Gasteiger partial charge in [-0.2, -0.15) is 13.2 Å². The van der Waals surface area contributed by atoms with E-state index in [0.29, 0.717) is 36.3 Å². The smallest absolute Gasteiger partial charge is 0.416 e. The Hall–Kier alpha value is -2.60. The number of rotatable bonds is 11. The zero-order valence-electron chi connectivity index (χ0n) is 23.9. The van der Waals surface area contributed by atoms with Crippen LogP contribution in [0.25, 0.3) is 5.70 Å². The molecule has 1 aliphatic heterocycles. The first-order valence-corrected chi connectivity index (χ1v) is 14.2. The summed E-state index contributed by atoms with van der Waals surface area (Å²) in [5.41, 5.74) is 2.84. The molecule has 3 rings (SSSR count). The molecule has 2 unspecified atom stereocenters. The SMILES string of the molecule is C/C=C(\N=C(C(C)CC)C1CCCN1)c1ccc(CCc2ccc(OCCC)cc2)c(C(F)(F)F)c1.CC. The lowest BCUT2D eigenvalue weighted by atomic mass is 9.94. The van der Waals surface area contributed by atoms with E-state index >= 15 is 0 Å². The highest BCUT2D eigenvalue weighted by Gasteiger charge is 2.34. The highest BCUT2D eigenvalue weighted by atomic mass is 19.4. The third kappa shape index (κ3) is 9.00. The fourth-order valence-corrected chi connectivity index (χ4v) is 4.58. The van der Waals surface area contributed by atoms with Gasteiger partial charge >= 0.3 is 6.18 Å². The lowest BCUT2D eigenvalue weighted by Gasteiger charge is -2.21. The second-order valence-corrected chi connectivity index (χ2v) is 9.53. The standard InChI is InChI=1S/C30H39F3N2O.C2H6/c1-5-19-36-25-16-11-22(12-17-25)10-13-23-14-15-24(20-26(23)30(31,32)33)27(7-3)35-29(21(4)6-2)28-9-8-18-34-28;1-2/h7,11-12,14-17,20-21,28,34H,5-6,8-10,13,18-19H2,1-4H3;1-2H3/b27-7-,35-29?;. The first-order chi connectivity index (χ1) is 18.3. The van der Waals surface area contributed by atoms with Gasteiger partial charge in [0.15, 0.2) is 0 Å². The number of alkyl halides is 3. The number of aliphatic imine (C=N–C) groups is 1. The van der Waals surface area contributed by atoms with Crippen LogP contribution in [0.5, 0.6) is 5.75 Å². The Labute approximate surface area is 227 Å². The van der Waals surface area contributed by atoms with Gasteiger partial charge in [-0.05, 0) is 87.2 Å². The van der Waals surface area contributed by atoms with E-state index in [4.69, 9.17) is 9.73 Å². The first kappa shape index (κ1) is 31.6. The van der Waals surface area contributed by atoms with Crippen molar-refractivity contribution >= 4 is 11.4 Å². The number of halogens is 3. The predicted octanol–water partition coefficient (Wildman–Crippen LogP) is 8.91. The predicted molar refractivity (Wildman–Crippen MR) is 154 cm³/mol. The summed E-state index contributed by atoms with van der Waals surface area (Å²) in [7, 11) is 0. The minimum absolute atomic E-state index is 0.190. The molecule has 0 radical (unpaired) electrons. The number of hydrogen-bond acceptors (Lipinski definition) is 3. The van der Waals surface area contributed by atoms with Gasteiger partial charge < -0.3 is 10.1 Å². The normalized spacial score (nSPS) is 17.1. The van der Waals surface area contributed by atoms with Crippen molar-refractivity contribution in [3.05, 3.63) is 70.8 Å². The maximum atomic E-state index is 14.1. The molecule has 2 aromatic carbocycles. The van der Waals surface area contributed by atoms with E-state index in [9.17, 15) is 13.2 Å². The van der Waals surface area contributed by atoms with Crippen molar-refractivity contribution in [3.63, 3.8) is 0 Å². The molecule has 1 fully saturated rings. The van der Waals surface area contributed by atoms with Gasteiger partial charge in [-0.1, -0.05) is 65.0 Å². The maximum Gasteiger partial charge on any atom is 0.416 e. The Morgan fingerprint density at radius 3 is 2.37 bits per heavy atom. The van der Waals surface area contributed by atoms with Gasteiger partial charge in [-0.3, -0.25) is 4.99 Å². The van der Waals surface area contributed by atoms with Crippen LogP contribution in [0.1, 0.15) is 89.5 Å². The van der Waals surface area contributed by atoms with Crippen molar-refractivity contribution in [3.8, 4) is 5.75 Å². The molecule has 210 valence electrons. The quantitative estimate of drug-likeness (QED) is 0.294. The fraction of sp³-hybridized carbons (Fsp3) is 0.531. The van der Waals surface area contributed by atoms with E-state index in [2.05, 4.69) is 19.2 Å². The van der Waals surface area contributed by atoms with Crippen LogP contribution in [-0.2, 0) is 19.0 Å². The summed E-state index contributed by atoms with van der Waals surface area (Å²) in [6.45, 7) is 13.7. The Balaban J connectivity index is 0.00000247. The molecule has 38 heavy (non-hydrogen) atoms. The monoisotopic (exact) mass is 530 g/mol. The molecule has 6 heteroatoms. The second kappa shape index (κ2) is 15.7. The number of hydrogen-bond donors (Lipinski definition) is 1. The Morgan fingerprint density at radius 1 is 1.11 bits per heavy atom. The Morgan fingerprint density at radius 2 is 1.82 bits per heavy atom. The zero-order valence-corrected chi connectivity index (χ0v) is 23.9. The number of nitrogens with one attached hydrogen (secondary N) is 1. The van der Waals surface area contributed by atoms with Gasteiger partial charge in [0.1, 0.15) is 5.75 Å². The molecule has 1 heterocycles. The summed E-state index contributed by atoms with van der Waals surface area (Å²) < 4.78 is 47.9. The number of benzene rings is 2. The molecule has 1 aliphatic rings. The van der Waals surface area contributed by atoms with Gasteiger partial charge in [0.2, 0.25) is 0 Å². The number of allylic oxidation sites excluding steroid dienone is 1. The zero-order chi connectivity index (χ0) is 28.1. The summed E-state index contributed by atoms with van der Waals surface area (Å²) in [5, 5.41) is 3.50. The third-order valence-electron chi connectivity index (χ3n) is 6.85. The number of ether oxygens (including phenoxy) is 1. The first-order valence-electron chi connectivity index (χ1n) is 14.2. The van der Waals surface area contributed by atoms with Gasteiger partial charge in [-0.15, -0.1) is 0 Å². The molecule has 2 atom stereocenters. The molecule has 2 aromatic rings. The molecule has 0 aliphatic carbocycles. The molecule has 1 N–H and O–H groups in total. The van der Waals surface area contributed by atoms with E-state index in [0.717, 1.165) is 49.3 Å². The molecular formula is C32H45F3N2O. The average molecular weight is 531 g/mol. The minimum Gasteiger partial charge on any atom is -0.494 e. The van der Waals surface area contributed by atoms with Gasteiger partial charge in [-0.25, -0.2) is 0 Å². The fourth-order valence-electron chi connectivity index (χ4n) is 4.58. The summed E-state index contributed by atoms with van der Waals surface area (Å²) in [5.74, 6) is 1.04. The van der Waals surface area contributed by atoms with Crippen LogP contribution < -0.4 is 10.1 Å². The van der Waals surface area contributed by atoms with E-state index in [1.54, 1.807) is 12.1 Å². The maximum absolute atomic E-state index is 14.1. The highest BCUT2D eigenvalue weighted by molar-refractivity contribution is 5.95. The van der Waals surface area contributed by atoms with Gasteiger partial charge in [0.05, 0.1) is 17.9 Å². The number of aryl methyl sites for hydroxylation is 2. The van der Waals surface area contributed by atoms with Crippen LogP contribution in [0.3, 0.4) is 0 Å². The van der Waals surface area contributed by atoms with Crippen molar-refractivity contribution in [2.24, 2.45) is 10.9 Å². The van der Waals surface area contributed by atoms with Gasteiger partial charge in [0.25, 0.3) is 0 Å². The summed E-state index contributed by atoms with van der Waals surface area (Å²) in [4.78, 5) is 4.93. The van der Waals surface area contributed by atoms with E-state index in [1.165, 1.54) is 6.07 Å². The molecule has 0 aromatic heterocycles. The average Bonchev–Trinajstić information content (AvgIpc) is 3.47. The molecule has 0 amide bonds. The largest absolute Gasteiger partial charge is 0.494 e. The second-order valence-electron chi connectivity index (χ2n) is 9.53. The van der Waals surface area contributed by atoms with Crippen molar-refractivity contribution in [1.29, 1.82) is 0 Å². The summed E-state index contributed by atoms with van der Waals surface area (Å²) >= 11 is 0. The van der Waals surface area contributed by atoms with Crippen LogP contribution in [0.2, 0.25) is 0 Å². The molecular weight excluding hydrogens is 485 g/mol. The van der Waals surface area contributed by atoms with Crippen LogP contribution in [0, 0.1) is 5.92 Å². The molecule has 3 nitrogen and oxygen atoms in total. The third-order valence-corrected chi connectivity index (χ3v) is 6.85. The molecule has 0 bridgehead atoms. The van der Waals surface area contributed by atoms with E-state index in [-0.39, 0.29) is 12.0 Å². The molecule has 0 saturated carbocycles. The van der Waals surface area contributed by atoms with Crippen molar-refractivity contribution < 1.29 is 17.9 Å². The van der Waals surface area contributed by atoms with Gasteiger partial charge in [0, 0.05) is 17.3 Å². The van der Waals surface area contributed by atoms with Crippen LogP contribution in [0.15, 0.2) is 53.5 Å². The summed E-state index contributed by atoms with van der Waals surface area (Å²) in [6.07, 6.45) is 2.18. The lowest BCUT2D eigenvalue weighted by Crippen LogP contribution is -2.34. The van der Waals surface area contributed by atoms with E-state index in [1.807, 2.05) is 58.0 Å². The topological polar surface area (TPSA) is 33.6 Å². The highest BCUT2D eigenvalue weighted by Crippen LogP contribution is 2.35. The van der Waals surface area contributed by atoms with E-state index < -0.39 is 11.7 Å².